The third-order valence-electron chi connectivity index (χ3n) is 6.48. The molecule has 4 heterocycles. The minimum absolute atomic E-state index is 0.0192. The van der Waals surface area contributed by atoms with Crippen LogP contribution in [-0.4, -0.2) is 50.2 Å². The van der Waals surface area contributed by atoms with Gasteiger partial charge in [-0.25, -0.2) is 9.78 Å². The Kier molecular flexibility index (Phi) is 5.86. The summed E-state index contributed by atoms with van der Waals surface area (Å²) in [5.41, 5.74) is 2.11. The van der Waals surface area contributed by atoms with Crippen molar-refractivity contribution in [3.05, 3.63) is 82.3 Å². The van der Waals surface area contributed by atoms with Crippen LogP contribution in [-0.2, 0) is 6.54 Å². The number of piperidine rings is 1. The summed E-state index contributed by atoms with van der Waals surface area (Å²) in [7, 11) is 0. The molecule has 3 amide bonds. The van der Waals surface area contributed by atoms with Crippen molar-refractivity contribution in [2.75, 3.05) is 23.7 Å². The van der Waals surface area contributed by atoms with Crippen LogP contribution in [0.2, 0.25) is 0 Å². The number of hydrogen-bond donors (Lipinski definition) is 2. The summed E-state index contributed by atoms with van der Waals surface area (Å²) in [5, 5.41) is 5.53. The number of anilines is 2. The van der Waals surface area contributed by atoms with E-state index in [2.05, 4.69) is 20.6 Å². The quantitative estimate of drug-likeness (QED) is 0.563. The number of urea groups is 1. The van der Waals surface area contributed by atoms with Gasteiger partial charge in [-0.15, -0.1) is 0 Å². The maximum atomic E-state index is 13.1. The summed E-state index contributed by atoms with van der Waals surface area (Å²) in [5.74, 6) is -0.385. The Labute approximate surface area is 201 Å². The molecule has 1 saturated heterocycles. The first-order chi connectivity index (χ1) is 16.9. The van der Waals surface area contributed by atoms with Crippen LogP contribution in [0.25, 0.3) is 0 Å². The number of aromatic nitrogens is 3. The molecule has 178 valence electrons. The first-order valence-corrected chi connectivity index (χ1v) is 11.4. The van der Waals surface area contributed by atoms with Gasteiger partial charge in [0.2, 0.25) is 0 Å². The zero-order valence-corrected chi connectivity index (χ0v) is 19.1. The normalized spacial score (nSPS) is 18.4. The molecule has 0 saturated carbocycles. The summed E-state index contributed by atoms with van der Waals surface area (Å²) >= 11 is 0. The molecule has 2 atom stereocenters. The Morgan fingerprint density at radius 2 is 1.77 bits per heavy atom. The van der Waals surface area contributed by atoms with E-state index in [1.54, 1.807) is 39.8 Å². The second kappa shape index (κ2) is 9.13. The van der Waals surface area contributed by atoms with E-state index in [9.17, 15) is 19.2 Å². The average molecular weight is 473 g/mol. The van der Waals surface area contributed by atoms with Gasteiger partial charge < -0.3 is 20.1 Å². The second-order valence-electron chi connectivity index (χ2n) is 8.90. The Balaban J connectivity index is 1.30. The summed E-state index contributed by atoms with van der Waals surface area (Å²) in [6, 6.07) is 10.0. The lowest BCUT2D eigenvalue weighted by Crippen LogP contribution is -2.50. The molecule has 2 aliphatic heterocycles. The maximum Gasteiger partial charge on any atom is 0.321 e. The van der Waals surface area contributed by atoms with Gasteiger partial charge in [-0.05, 0) is 55.7 Å². The number of amides is 3. The lowest BCUT2D eigenvalue weighted by Gasteiger charge is -2.42. The number of carbonyl (C=O) groups excluding carboxylic acids is 3. The van der Waals surface area contributed by atoms with Gasteiger partial charge in [0, 0.05) is 54.9 Å². The standard InChI is InChI=1S/C25H24N6O4/c1-15(32)17-2-4-19(5-3-17)28-25(35)30-12-16-10-18(14-30)22-7-6-20(24(34)31(22)13-16)29-23(33)21-11-26-8-9-27-21/h2-9,11,16,18H,10,12-14H2,1H3,(H,28,35)(H,29,33). The molecule has 0 radical (unpaired) electrons. The van der Waals surface area contributed by atoms with Crippen LogP contribution in [0.15, 0.2) is 59.8 Å². The second-order valence-corrected chi connectivity index (χ2v) is 8.90. The molecule has 3 aromatic rings. The van der Waals surface area contributed by atoms with Gasteiger partial charge in [-0.2, -0.15) is 0 Å². The van der Waals surface area contributed by atoms with Crippen molar-refractivity contribution >= 4 is 29.1 Å². The number of benzene rings is 1. The zero-order chi connectivity index (χ0) is 24.5. The molecule has 5 rings (SSSR count). The van der Waals surface area contributed by atoms with Crippen molar-refractivity contribution in [3.8, 4) is 0 Å². The molecule has 10 nitrogen and oxygen atoms in total. The van der Waals surface area contributed by atoms with Crippen LogP contribution >= 0.6 is 0 Å². The number of Topliss-reactive ketones (excluding diaryl/α,β-unsaturated/α-hetero) is 1. The van der Waals surface area contributed by atoms with Gasteiger partial charge in [-0.3, -0.25) is 19.4 Å². The molecule has 2 N–H and O–H groups in total. The molecule has 0 spiro atoms. The molecule has 1 fully saturated rings. The van der Waals surface area contributed by atoms with E-state index in [0.717, 1.165) is 12.1 Å². The monoisotopic (exact) mass is 472 g/mol. The van der Waals surface area contributed by atoms with E-state index >= 15 is 0 Å². The fourth-order valence-corrected chi connectivity index (χ4v) is 4.80. The van der Waals surface area contributed by atoms with Gasteiger partial charge in [-0.1, -0.05) is 0 Å². The van der Waals surface area contributed by atoms with Gasteiger partial charge in [0.05, 0.1) is 6.20 Å². The number of carbonyl (C=O) groups is 3. The molecule has 2 unspecified atom stereocenters. The van der Waals surface area contributed by atoms with Gasteiger partial charge >= 0.3 is 6.03 Å². The Bertz CT molecular complexity index is 1350. The fraction of sp³-hybridized carbons (Fsp3) is 0.280. The van der Waals surface area contributed by atoms with E-state index < -0.39 is 5.91 Å². The third-order valence-corrected chi connectivity index (χ3v) is 6.48. The largest absolute Gasteiger partial charge is 0.324 e. The number of likely N-dealkylation sites (tertiary alicyclic amines) is 1. The number of fused-ring (bicyclic) bond motifs is 4. The zero-order valence-electron chi connectivity index (χ0n) is 19.1. The van der Waals surface area contributed by atoms with E-state index in [0.29, 0.717) is 30.9 Å². The molecule has 35 heavy (non-hydrogen) atoms. The van der Waals surface area contributed by atoms with Crippen LogP contribution in [0, 0.1) is 5.92 Å². The smallest absolute Gasteiger partial charge is 0.321 e. The average Bonchev–Trinajstić information content (AvgIpc) is 2.86. The number of pyridine rings is 1. The van der Waals surface area contributed by atoms with Crippen molar-refractivity contribution in [2.45, 2.75) is 25.8 Å². The van der Waals surface area contributed by atoms with E-state index in [1.807, 2.05) is 6.07 Å². The number of nitrogens with one attached hydrogen (secondary N) is 2. The highest BCUT2D eigenvalue weighted by molar-refractivity contribution is 6.02. The van der Waals surface area contributed by atoms with Gasteiger partial charge in [0.15, 0.2) is 5.78 Å². The van der Waals surface area contributed by atoms with Crippen LogP contribution in [0.1, 0.15) is 45.8 Å². The number of hydrogen-bond acceptors (Lipinski definition) is 6. The molecular formula is C25H24N6O4. The Morgan fingerprint density at radius 1 is 0.971 bits per heavy atom. The fourth-order valence-electron chi connectivity index (χ4n) is 4.80. The lowest BCUT2D eigenvalue weighted by atomic mass is 9.83. The molecule has 2 bridgehead atoms. The Hall–Kier alpha value is -4.34. The van der Waals surface area contributed by atoms with Gasteiger partial charge in [0.1, 0.15) is 11.4 Å². The topological polar surface area (TPSA) is 126 Å². The molecule has 2 aromatic heterocycles. The molecule has 10 heteroatoms. The summed E-state index contributed by atoms with van der Waals surface area (Å²) in [4.78, 5) is 59.6. The first-order valence-electron chi connectivity index (χ1n) is 11.4. The predicted octanol–water partition coefficient (Wildman–Crippen LogP) is 2.74. The van der Waals surface area contributed by atoms with E-state index in [-0.39, 0.29) is 40.6 Å². The van der Waals surface area contributed by atoms with Crippen molar-refractivity contribution in [1.29, 1.82) is 0 Å². The van der Waals surface area contributed by atoms with E-state index in [1.165, 1.54) is 25.5 Å². The third kappa shape index (κ3) is 4.54. The summed E-state index contributed by atoms with van der Waals surface area (Å²) in [6.45, 7) is 2.98. The molecule has 2 aliphatic rings. The van der Waals surface area contributed by atoms with Crippen LogP contribution in [0.5, 0.6) is 0 Å². The predicted molar refractivity (Wildman–Crippen MR) is 129 cm³/mol. The van der Waals surface area contributed by atoms with Crippen LogP contribution in [0.3, 0.4) is 0 Å². The minimum atomic E-state index is -0.495. The number of nitrogens with zero attached hydrogens (tertiary/aromatic N) is 4. The van der Waals surface area contributed by atoms with Crippen molar-refractivity contribution in [2.24, 2.45) is 5.92 Å². The van der Waals surface area contributed by atoms with Crippen LogP contribution in [0.4, 0.5) is 16.2 Å². The van der Waals surface area contributed by atoms with Crippen molar-refractivity contribution < 1.29 is 14.4 Å². The van der Waals surface area contributed by atoms with Crippen molar-refractivity contribution in [3.63, 3.8) is 0 Å². The maximum absolute atomic E-state index is 13.1. The molecule has 1 aromatic carbocycles. The number of rotatable bonds is 4. The van der Waals surface area contributed by atoms with Crippen LogP contribution < -0.4 is 16.2 Å². The molecule has 0 aliphatic carbocycles. The summed E-state index contributed by atoms with van der Waals surface area (Å²) in [6.07, 6.45) is 5.12. The minimum Gasteiger partial charge on any atom is -0.324 e. The highest BCUT2D eigenvalue weighted by Crippen LogP contribution is 2.35. The highest BCUT2D eigenvalue weighted by atomic mass is 16.2. The SMILES string of the molecule is CC(=O)c1ccc(NC(=O)N2CC3CC(C2)c2ccc(NC(=O)c4cnccn4)c(=O)n2C3)cc1. The van der Waals surface area contributed by atoms with E-state index in [4.69, 9.17) is 0 Å². The Morgan fingerprint density at radius 3 is 2.49 bits per heavy atom. The number of ketones is 1. The lowest BCUT2D eigenvalue weighted by molar-refractivity contribution is 0.101. The van der Waals surface area contributed by atoms with Crippen molar-refractivity contribution in [1.82, 2.24) is 19.4 Å². The summed E-state index contributed by atoms with van der Waals surface area (Å²) < 4.78 is 1.71. The molecular weight excluding hydrogens is 448 g/mol. The highest BCUT2D eigenvalue weighted by Gasteiger charge is 2.36. The van der Waals surface area contributed by atoms with Gasteiger partial charge in [0.25, 0.3) is 11.5 Å². The first kappa shape index (κ1) is 22.5.